The minimum atomic E-state index is -0.514. The maximum absolute atomic E-state index is 12.8. The second kappa shape index (κ2) is 11.3. The van der Waals surface area contributed by atoms with Crippen LogP contribution in [0.4, 0.5) is 17.1 Å². The molecule has 0 unspecified atom stereocenters. The summed E-state index contributed by atoms with van der Waals surface area (Å²) in [5, 5.41) is 2.81. The SMILES string of the molecule is COc1cccc(NNC(=O)[C@@H]2CC(=O)N(c3ccccc3)C2)c1OCC(=O)Nc1ccccc1C. The summed E-state index contributed by atoms with van der Waals surface area (Å²) in [6, 6.07) is 21.8. The van der Waals surface area contributed by atoms with Gasteiger partial charge in [-0.1, -0.05) is 42.5 Å². The fourth-order valence-electron chi connectivity index (χ4n) is 3.93. The molecule has 3 amide bonds. The zero-order valence-corrected chi connectivity index (χ0v) is 20.1. The van der Waals surface area contributed by atoms with Crippen LogP contribution in [0.15, 0.2) is 72.8 Å². The number of anilines is 3. The molecular weight excluding hydrogens is 460 g/mol. The first-order chi connectivity index (χ1) is 17.5. The van der Waals surface area contributed by atoms with Crippen molar-refractivity contribution in [3.05, 3.63) is 78.4 Å². The number of methoxy groups -OCH3 is 1. The first-order valence-corrected chi connectivity index (χ1v) is 11.5. The molecule has 36 heavy (non-hydrogen) atoms. The summed E-state index contributed by atoms with van der Waals surface area (Å²) >= 11 is 0. The van der Waals surface area contributed by atoms with Crippen molar-refractivity contribution in [1.29, 1.82) is 0 Å². The molecule has 3 aromatic rings. The maximum atomic E-state index is 12.8. The van der Waals surface area contributed by atoms with Crippen LogP contribution in [0.1, 0.15) is 12.0 Å². The highest BCUT2D eigenvalue weighted by molar-refractivity contribution is 6.00. The van der Waals surface area contributed by atoms with Crippen molar-refractivity contribution in [2.75, 3.05) is 35.9 Å². The van der Waals surface area contributed by atoms with Crippen LogP contribution in [0.5, 0.6) is 11.5 Å². The number of carbonyl (C=O) groups is 3. The van der Waals surface area contributed by atoms with Gasteiger partial charge in [-0.3, -0.25) is 25.2 Å². The molecule has 1 aliphatic heterocycles. The lowest BCUT2D eigenvalue weighted by atomic mass is 10.1. The number of rotatable bonds is 9. The minimum Gasteiger partial charge on any atom is -0.493 e. The van der Waals surface area contributed by atoms with Gasteiger partial charge in [0.25, 0.3) is 5.91 Å². The standard InChI is InChI=1S/C27H28N4O5/c1-18-9-6-7-12-21(18)28-24(32)17-36-26-22(13-8-14-23(26)35-2)29-30-27(34)19-15-25(33)31(16-19)20-10-4-3-5-11-20/h3-14,19,29H,15-17H2,1-2H3,(H,28,32)(H,30,34)/t19-/m1/s1. The van der Waals surface area contributed by atoms with Crippen LogP contribution >= 0.6 is 0 Å². The van der Waals surface area contributed by atoms with Crippen LogP contribution in [-0.4, -0.2) is 38.0 Å². The van der Waals surface area contributed by atoms with E-state index in [1.165, 1.54) is 7.11 Å². The maximum Gasteiger partial charge on any atom is 0.262 e. The third-order valence-electron chi connectivity index (χ3n) is 5.85. The first kappa shape index (κ1) is 24.6. The van der Waals surface area contributed by atoms with Crippen molar-refractivity contribution in [3.63, 3.8) is 0 Å². The lowest BCUT2D eigenvalue weighted by Crippen LogP contribution is -2.36. The van der Waals surface area contributed by atoms with E-state index in [-0.39, 0.29) is 43.0 Å². The molecule has 0 saturated carbocycles. The van der Waals surface area contributed by atoms with Crippen LogP contribution in [0.25, 0.3) is 0 Å². The molecule has 3 aromatic carbocycles. The number of nitrogens with zero attached hydrogens (tertiary/aromatic N) is 1. The highest BCUT2D eigenvalue weighted by Gasteiger charge is 2.35. The molecular formula is C27H28N4O5. The first-order valence-electron chi connectivity index (χ1n) is 11.5. The summed E-state index contributed by atoms with van der Waals surface area (Å²) in [4.78, 5) is 39.3. The second-order valence-corrected chi connectivity index (χ2v) is 8.34. The van der Waals surface area contributed by atoms with Gasteiger partial charge >= 0.3 is 0 Å². The van der Waals surface area contributed by atoms with Crippen LogP contribution in [0.3, 0.4) is 0 Å². The number of para-hydroxylation sites is 3. The van der Waals surface area contributed by atoms with Crippen LogP contribution in [-0.2, 0) is 14.4 Å². The quantitative estimate of drug-likeness (QED) is 0.398. The smallest absolute Gasteiger partial charge is 0.262 e. The van der Waals surface area contributed by atoms with Crippen LogP contribution in [0.2, 0.25) is 0 Å². The van der Waals surface area contributed by atoms with Gasteiger partial charge in [0.15, 0.2) is 18.1 Å². The number of carbonyl (C=O) groups excluding carboxylic acids is 3. The fraction of sp³-hybridized carbons (Fsp3) is 0.222. The van der Waals surface area contributed by atoms with Gasteiger partial charge in [-0.05, 0) is 42.8 Å². The van der Waals surface area contributed by atoms with Gasteiger partial charge in [-0.2, -0.15) is 0 Å². The van der Waals surface area contributed by atoms with E-state index in [0.29, 0.717) is 17.1 Å². The number of aryl methyl sites for hydroxylation is 1. The van der Waals surface area contributed by atoms with E-state index in [1.807, 2.05) is 61.5 Å². The molecule has 9 nitrogen and oxygen atoms in total. The van der Waals surface area contributed by atoms with Crippen molar-refractivity contribution >= 4 is 34.8 Å². The Morgan fingerprint density at radius 1 is 0.972 bits per heavy atom. The summed E-state index contributed by atoms with van der Waals surface area (Å²) < 4.78 is 11.1. The number of hydrogen-bond acceptors (Lipinski definition) is 6. The molecule has 0 bridgehead atoms. The zero-order valence-electron chi connectivity index (χ0n) is 20.1. The van der Waals surface area contributed by atoms with Crippen molar-refractivity contribution in [2.45, 2.75) is 13.3 Å². The van der Waals surface area contributed by atoms with E-state index in [2.05, 4.69) is 16.2 Å². The summed E-state index contributed by atoms with van der Waals surface area (Å²) in [6.07, 6.45) is 0.114. The molecule has 1 aliphatic rings. The van der Waals surface area contributed by atoms with Gasteiger partial charge in [0.2, 0.25) is 11.8 Å². The van der Waals surface area contributed by atoms with Crippen molar-refractivity contribution in [3.8, 4) is 11.5 Å². The summed E-state index contributed by atoms with van der Waals surface area (Å²) in [6.45, 7) is 1.93. The van der Waals surface area contributed by atoms with Gasteiger partial charge in [0, 0.05) is 24.3 Å². The fourth-order valence-corrected chi connectivity index (χ4v) is 3.93. The third-order valence-corrected chi connectivity index (χ3v) is 5.85. The van der Waals surface area contributed by atoms with Crippen molar-refractivity contribution in [1.82, 2.24) is 5.43 Å². The Hall–Kier alpha value is -4.53. The van der Waals surface area contributed by atoms with Gasteiger partial charge in [0.1, 0.15) is 0 Å². The largest absolute Gasteiger partial charge is 0.493 e. The molecule has 0 spiro atoms. The minimum absolute atomic E-state index is 0.105. The normalized spacial score (nSPS) is 14.8. The highest BCUT2D eigenvalue weighted by atomic mass is 16.5. The number of amides is 3. The predicted molar refractivity (Wildman–Crippen MR) is 137 cm³/mol. The number of nitrogens with one attached hydrogen (secondary N) is 3. The highest BCUT2D eigenvalue weighted by Crippen LogP contribution is 2.35. The Bertz CT molecular complexity index is 1250. The van der Waals surface area contributed by atoms with E-state index >= 15 is 0 Å². The molecule has 0 aromatic heterocycles. The van der Waals surface area contributed by atoms with Crippen molar-refractivity contribution < 1.29 is 23.9 Å². The Morgan fingerprint density at radius 3 is 2.44 bits per heavy atom. The van der Waals surface area contributed by atoms with Crippen LogP contribution < -0.4 is 30.5 Å². The van der Waals surface area contributed by atoms with Gasteiger partial charge in [-0.25, -0.2) is 0 Å². The molecule has 0 aliphatic carbocycles. The van der Waals surface area contributed by atoms with Gasteiger partial charge < -0.3 is 19.7 Å². The second-order valence-electron chi connectivity index (χ2n) is 8.34. The Morgan fingerprint density at radius 2 is 1.69 bits per heavy atom. The molecule has 0 radical (unpaired) electrons. The van der Waals surface area contributed by atoms with E-state index in [9.17, 15) is 14.4 Å². The molecule has 4 rings (SSSR count). The lowest BCUT2D eigenvalue weighted by molar-refractivity contribution is -0.125. The zero-order chi connectivity index (χ0) is 25.5. The monoisotopic (exact) mass is 488 g/mol. The molecule has 1 heterocycles. The number of hydrogen-bond donors (Lipinski definition) is 3. The Balaban J connectivity index is 1.38. The molecule has 1 saturated heterocycles. The average Bonchev–Trinajstić information content (AvgIpc) is 3.29. The molecule has 3 N–H and O–H groups in total. The molecule has 186 valence electrons. The Kier molecular flexibility index (Phi) is 7.69. The third kappa shape index (κ3) is 5.75. The number of benzene rings is 3. The van der Waals surface area contributed by atoms with E-state index < -0.39 is 5.92 Å². The van der Waals surface area contributed by atoms with Crippen molar-refractivity contribution in [2.24, 2.45) is 5.92 Å². The van der Waals surface area contributed by atoms with E-state index in [0.717, 1.165) is 11.3 Å². The number of hydrazine groups is 1. The Labute approximate surface area is 209 Å². The average molecular weight is 489 g/mol. The number of ether oxygens (including phenoxy) is 2. The molecule has 1 fully saturated rings. The topological polar surface area (TPSA) is 109 Å². The predicted octanol–water partition coefficient (Wildman–Crippen LogP) is 3.52. The van der Waals surface area contributed by atoms with Gasteiger partial charge in [0.05, 0.1) is 18.7 Å². The van der Waals surface area contributed by atoms with E-state index in [4.69, 9.17) is 9.47 Å². The summed E-state index contributed by atoms with van der Waals surface area (Å²) in [7, 11) is 1.49. The van der Waals surface area contributed by atoms with Crippen LogP contribution in [0, 0.1) is 12.8 Å². The molecule has 1 atom stereocenters. The summed E-state index contributed by atoms with van der Waals surface area (Å²) in [5.74, 6) is -0.618. The summed E-state index contributed by atoms with van der Waals surface area (Å²) in [5.41, 5.74) is 8.32. The lowest BCUT2D eigenvalue weighted by Gasteiger charge is -2.18. The molecule has 9 heteroatoms. The van der Waals surface area contributed by atoms with Gasteiger partial charge in [-0.15, -0.1) is 0 Å². The van der Waals surface area contributed by atoms with E-state index in [1.54, 1.807) is 23.1 Å².